The normalized spacial score (nSPS) is 10.4. The fourth-order valence-corrected chi connectivity index (χ4v) is 2.39. The lowest BCUT2D eigenvalue weighted by molar-refractivity contribution is -0.115. The highest BCUT2D eigenvalue weighted by Crippen LogP contribution is 2.29. The molecule has 0 aliphatic heterocycles. The van der Waals surface area contributed by atoms with Gasteiger partial charge < -0.3 is 19.3 Å². The van der Waals surface area contributed by atoms with E-state index in [1.165, 1.54) is 7.11 Å². The lowest BCUT2D eigenvalue weighted by Gasteiger charge is -2.11. The van der Waals surface area contributed by atoms with Crippen molar-refractivity contribution in [2.75, 3.05) is 19.5 Å². The SMILES string of the molecule is COc1ccc(OC)c(NC(=O)Cc2noc(-c3ccc(C)cc3)n2)c1. The first kappa shape index (κ1) is 17.5. The molecule has 0 unspecified atom stereocenters. The molecule has 3 rings (SSSR count). The fraction of sp³-hybridized carbons (Fsp3) is 0.211. The second-order valence-electron chi connectivity index (χ2n) is 5.67. The summed E-state index contributed by atoms with van der Waals surface area (Å²) < 4.78 is 15.7. The highest BCUT2D eigenvalue weighted by Gasteiger charge is 2.14. The Balaban J connectivity index is 1.70. The number of ether oxygens (including phenoxy) is 2. The summed E-state index contributed by atoms with van der Waals surface area (Å²) >= 11 is 0. The van der Waals surface area contributed by atoms with Crippen LogP contribution >= 0.6 is 0 Å². The zero-order valence-electron chi connectivity index (χ0n) is 14.8. The number of carbonyl (C=O) groups excluding carboxylic acids is 1. The Kier molecular flexibility index (Phi) is 5.17. The van der Waals surface area contributed by atoms with Crippen LogP contribution in [0.4, 0.5) is 5.69 Å². The van der Waals surface area contributed by atoms with Crippen LogP contribution in [-0.4, -0.2) is 30.3 Å². The number of methoxy groups -OCH3 is 2. The molecule has 26 heavy (non-hydrogen) atoms. The van der Waals surface area contributed by atoms with Gasteiger partial charge in [0.05, 0.1) is 26.3 Å². The average Bonchev–Trinajstić information content (AvgIpc) is 3.10. The second kappa shape index (κ2) is 7.69. The van der Waals surface area contributed by atoms with Crippen LogP contribution in [0.25, 0.3) is 11.5 Å². The summed E-state index contributed by atoms with van der Waals surface area (Å²) in [6.07, 6.45) is -0.0181. The number of nitrogens with one attached hydrogen (secondary N) is 1. The van der Waals surface area contributed by atoms with Crippen molar-refractivity contribution in [3.8, 4) is 23.0 Å². The molecular formula is C19H19N3O4. The highest BCUT2D eigenvalue weighted by atomic mass is 16.5. The minimum absolute atomic E-state index is 0.0181. The summed E-state index contributed by atoms with van der Waals surface area (Å²) in [5.74, 6) is 1.55. The van der Waals surface area contributed by atoms with Gasteiger partial charge in [0.2, 0.25) is 5.91 Å². The van der Waals surface area contributed by atoms with Gasteiger partial charge in [-0.15, -0.1) is 0 Å². The third kappa shape index (κ3) is 4.00. The van der Waals surface area contributed by atoms with E-state index >= 15 is 0 Å². The first-order chi connectivity index (χ1) is 12.6. The van der Waals surface area contributed by atoms with Crippen LogP contribution in [-0.2, 0) is 11.2 Å². The predicted octanol–water partition coefficient (Wildman–Crippen LogP) is 3.24. The van der Waals surface area contributed by atoms with Crippen molar-refractivity contribution in [2.45, 2.75) is 13.3 Å². The molecule has 7 nitrogen and oxygen atoms in total. The molecule has 0 saturated carbocycles. The number of hydrogen-bond donors (Lipinski definition) is 1. The Morgan fingerprint density at radius 2 is 1.88 bits per heavy atom. The molecule has 0 aliphatic rings. The van der Waals surface area contributed by atoms with Gasteiger partial charge in [-0.25, -0.2) is 0 Å². The number of rotatable bonds is 6. The molecule has 0 aliphatic carbocycles. The van der Waals surface area contributed by atoms with Crippen LogP contribution in [0.3, 0.4) is 0 Å². The molecule has 1 amide bonds. The van der Waals surface area contributed by atoms with Gasteiger partial charge in [-0.05, 0) is 31.2 Å². The number of amides is 1. The summed E-state index contributed by atoms with van der Waals surface area (Å²) in [6.45, 7) is 2.00. The van der Waals surface area contributed by atoms with E-state index in [1.807, 2.05) is 31.2 Å². The second-order valence-corrected chi connectivity index (χ2v) is 5.67. The van der Waals surface area contributed by atoms with Crippen molar-refractivity contribution in [2.24, 2.45) is 0 Å². The van der Waals surface area contributed by atoms with Crippen molar-refractivity contribution >= 4 is 11.6 Å². The highest BCUT2D eigenvalue weighted by molar-refractivity contribution is 5.93. The Morgan fingerprint density at radius 1 is 1.12 bits per heavy atom. The lowest BCUT2D eigenvalue weighted by atomic mass is 10.1. The van der Waals surface area contributed by atoms with Gasteiger partial charge in [-0.2, -0.15) is 4.98 Å². The van der Waals surface area contributed by atoms with E-state index in [9.17, 15) is 4.79 Å². The molecule has 2 aromatic carbocycles. The van der Waals surface area contributed by atoms with Gasteiger partial charge in [-0.3, -0.25) is 4.79 Å². The Labute approximate surface area is 150 Å². The zero-order chi connectivity index (χ0) is 18.5. The van der Waals surface area contributed by atoms with Crippen LogP contribution < -0.4 is 14.8 Å². The molecule has 134 valence electrons. The van der Waals surface area contributed by atoms with Crippen LogP contribution in [0.15, 0.2) is 47.0 Å². The maximum atomic E-state index is 12.3. The largest absolute Gasteiger partial charge is 0.497 e. The fourth-order valence-electron chi connectivity index (χ4n) is 2.39. The van der Waals surface area contributed by atoms with E-state index in [2.05, 4.69) is 15.5 Å². The van der Waals surface area contributed by atoms with Gasteiger partial charge in [0.1, 0.15) is 11.5 Å². The minimum Gasteiger partial charge on any atom is -0.497 e. The molecule has 0 radical (unpaired) electrons. The number of anilines is 1. The number of aryl methyl sites for hydroxylation is 1. The third-order valence-corrected chi connectivity index (χ3v) is 3.77. The van der Waals surface area contributed by atoms with Gasteiger partial charge >= 0.3 is 0 Å². The van der Waals surface area contributed by atoms with Crippen molar-refractivity contribution in [3.05, 3.63) is 53.9 Å². The Bertz CT molecular complexity index is 903. The molecule has 1 heterocycles. The van der Waals surface area contributed by atoms with Crippen molar-refractivity contribution in [1.82, 2.24) is 10.1 Å². The maximum absolute atomic E-state index is 12.3. The van der Waals surface area contributed by atoms with Gasteiger partial charge in [0.25, 0.3) is 5.89 Å². The lowest BCUT2D eigenvalue weighted by Crippen LogP contribution is -2.15. The monoisotopic (exact) mass is 353 g/mol. The number of aromatic nitrogens is 2. The standard InChI is InChI=1S/C19H19N3O4/c1-12-4-6-13(7-5-12)19-21-17(22-26-19)11-18(23)20-15-10-14(24-2)8-9-16(15)25-3/h4-10H,11H2,1-3H3,(H,20,23). The van der Waals surface area contributed by atoms with Crippen molar-refractivity contribution in [3.63, 3.8) is 0 Å². The molecule has 7 heteroatoms. The molecule has 0 atom stereocenters. The quantitative estimate of drug-likeness (QED) is 0.732. The number of benzene rings is 2. The topological polar surface area (TPSA) is 86.5 Å². The molecule has 0 fully saturated rings. The summed E-state index contributed by atoms with van der Waals surface area (Å²) in [6, 6.07) is 12.9. The van der Waals surface area contributed by atoms with E-state index in [0.717, 1.165) is 11.1 Å². The van der Waals surface area contributed by atoms with Gasteiger partial charge in [0, 0.05) is 11.6 Å². The zero-order valence-corrected chi connectivity index (χ0v) is 14.8. The van der Waals surface area contributed by atoms with Crippen LogP contribution in [0.1, 0.15) is 11.4 Å². The van der Waals surface area contributed by atoms with E-state index < -0.39 is 0 Å². The molecule has 0 bridgehead atoms. The summed E-state index contributed by atoms with van der Waals surface area (Å²) in [5, 5.41) is 6.65. The Hall–Kier alpha value is -3.35. The van der Waals surface area contributed by atoms with E-state index in [-0.39, 0.29) is 12.3 Å². The predicted molar refractivity (Wildman–Crippen MR) is 96.4 cm³/mol. The average molecular weight is 353 g/mol. The summed E-state index contributed by atoms with van der Waals surface area (Å²) in [7, 11) is 3.09. The molecule has 0 spiro atoms. The van der Waals surface area contributed by atoms with Crippen LogP contribution in [0.2, 0.25) is 0 Å². The third-order valence-electron chi connectivity index (χ3n) is 3.77. The molecular weight excluding hydrogens is 334 g/mol. The minimum atomic E-state index is -0.284. The smallest absolute Gasteiger partial charge is 0.257 e. The Morgan fingerprint density at radius 3 is 2.58 bits per heavy atom. The van der Waals surface area contributed by atoms with E-state index in [0.29, 0.717) is 28.9 Å². The van der Waals surface area contributed by atoms with Gasteiger partial charge in [-0.1, -0.05) is 22.9 Å². The summed E-state index contributed by atoms with van der Waals surface area (Å²) in [4.78, 5) is 16.6. The molecule has 1 aromatic heterocycles. The number of hydrogen-bond acceptors (Lipinski definition) is 6. The van der Waals surface area contributed by atoms with E-state index in [1.54, 1.807) is 25.3 Å². The van der Waals surface area contributed by atoms with Crippen molar-refractivity contribution < 1.29 is 18.8 Å². The first-order valence-electron chi connectivity index (χ1n) is 8.00. The first-order valence-corrected chi connectivity index (χ1v) is 8.00. The number of nitrogens with zero attached hydrogens (tertiary/aromatic N) is 2. The molecule has 1 N–H and O–H groups in total. The number of carbonyl (C=O) groups is 1. The summed E-state index contributed by atoms with van der Waals surface area (Å²) in [5.41, 5.74) is 2.46. The van der Waals surface area contributed by atoms with Crippen LogP contribution in [0.5, 0.6) is 11.5 Å². The molecule has 0 saturated heterocycles. The maximum Gasteiger partial charge on any atom is 0.257 e. The van der Waals surface area contributed by atoms with E-state index in [4.69, 9.17) is 14.0 Å². The van der Waals surface area contributed by atoms with Crippen molar-refractivity contribution in [1.29, 1.82) is 0 Å². The van der Waals surface area contributed by atoms with Crippen LogP contribution in [0, 0.1) is 6.92 Å². The van der Waals surface area contributed by atoms with Gasteiger partial charge in [0.15, 0.2) is 5.82 Å². The molecule has 3 aromatic rings.